The number of aryl methyl sites for hydroxylation is 2. The highest BCUT2D eigenvalue weighted by atomic mass is 35.5. The summed E-state index contributed by atoms with van der Waals surface area (Å²) < 4.78 is 1.80. The van der Waals surface area contributed by atoms with Gasteiger partial charge in [-0.2, -0.15) is 15.0 Å². The maximum absolute atomic E-state index is 13.2. The van der Waals surface area contributed by atoms with Gasteiger partial charge < -0.3 is 47.9 Å². The second-order valence-electron chi connectivity index (χ2n) is 12.2. The molecule has 0 unspecified atom stereocenters. The summed E-state index contributed by atoms with van der Waals surface area (Å²) in [5, 5.41) is 6.49. The minimum absolute atomic E-state index is 0. The molecule has 0 spiro atoms. The molecule has 1 aromatic carbocycles. The van der Waals surface area contributed by atoms with Crippen molar-refractivity contribution in [2.24, 2.45) is 22.9 Å². The average Bonchev–Trinajstić information content (AvgIpc) is 3.01. The first kappa shape index (κ1) is 33.9. The first-order valence-electron chi connectivity index (χ1n) is 15.5. The molecule has 6 rings (SSSR count). The molecule has 2 aliphatic heterocycles. The molecule has 16 heteroatoms. The minimum atomic E-state index is -0.502. The van der Waals surface area contributed by atoms with Crippen LogP contribution in [0.15, 0.2) is 47.4 Å². The molecule has 2 aliphatic rings. The molecule has 47 heavy (non-hydrogen) atoms. The molecule has 10 N–H and O–H groups in total. The average molecular weight is 664 g/mol. The Balaban J connectivity index is 0.00000433. The van der Waals surface area contributed by atoms with E-state index < -0.39 is 5.91 Å². The number of halogens is 1. The number of carbonyl (C=O) groups excluding carboxylic acids is 1. The fraction of sp³-hybridized carbons (Fsp3) is 0.419. The van der Waals surface area contributed by atoms with Crippen molar-refractivity contribution in [2.45, 2.75) is 57.4 Å². The van der Waals surface area contributed by atoms with E-state index in [1.54, 1.807) is 47.2 Å². The molecule has 5 heterocycles. The van der Waals surface area contributed by atoms with Crippen LogP contribution >= 0.6 is 12.4 Å². The third kappa shape index (κ3) is 7.60. The van der Waals surface area contributed by atoms with Crippen molar-refractivity contribution in [3.63, 3.8) is 0 Å². The number of piperidine rings is 2. The molecule has 0 aliphatic carbocycles. The number of amides is 1. The Hall–Kier alpha value is -4.41. The van der Waals surface area contributed by atoms with Crippen LogP contribution in [0, 0.1) is 6.92 Å². The number of pyridine rings is 2. The molecule has 3 aromatic heterocycles. The highest BCUT2D eigenvalue weighted by molar-refractivity contribution is 6.05. The standard InChI is InChI=1S/C31H41N13O2.ClH/c1-3-42-16-25(26(45)24-9-4-17(2)36-27(24)42)28(46)37-22-5-7-23(8-6-22)38-29-39-30(43-12-18(32)10-19(33)13-43)41-31(40-29)44-14-20(34)11-21(35)15-44;/h4-9,16,18-21H,3,10-15,32-35H2,1-2H3,(H,37,46)(H,38,39,40,41);1H/t18-,19+,20-,21+;. The van der Waals surface area contributed by atoms with Crippen molar-refractivity contribution in [3.8, 4) is 0 Å². The van der Waals surface area contributed by atoms with Crippen LogP contribution in [-0.4, -0.2) is 80.8 Å². The zero-order chi connectivity index (χ0) is 32.5. The Morgan fingerprint density at radius 2 is 1.34 bits per heavy atom. The quantitative estimate of drug-likeness (QED) is 0.163. The summed E-state index contributed by atoms with van der Waals surface area (Å²) in [6.07, 6.45) is 3.01. The van der Waals surface area contributed by atoms with Gasteiger partial charge >= 0.3 is 0 Å². The largest absolute Gasteiger partial charge is 0.338 e. The van der Waals surface area contributed by atoms with Crippen molar-refractivity contribution in [1.29, 1.82) is 0 Å². The van der Waals surface area contributed by atoms with Crippen LogP contribution in [-0.2, 0) is 6.54 Å². The van der Waals surface area contributed by atoms with Gasteiger partial charge in [-0.1, -0.05) is 0 Å². The monoisotopic (exact) mass is 663 g/mol. The van der Waals surface area contributed by atoms with Gasteiger partial charge in [0.1, 0.15) is 11.2 Å². The molecule has 1 amide bonds. The lowest BCUT2D eigenvalue weighted by atomic mass is 10.0. The summed E-state index contributed by atoms with van der Waals surface area (Å²) in [6, 6.07) is 10.1. The molecule has 0 saturated carbocycles. The number of aromatic nitrogens is 5. The van der Waals surface area contributed by atoms with Crippen LogP contribution in [0.1, 0.15) is 35.8 Å². The van der Waals surface area contributed by atoms with Crippen molar-refractivity contribution in [3.05, 3.63) is 64.1 Å². The summed E-state index contributed by atoms with van der Waals surface area (Å²) in [7, 11) is 0. The number of nitrogens with one attached hydrogen (secondary N) is 2. The van der Waals surface area contributed by atoms with Gasteiger partial charge in [-0.25, -0.2) is 4.98 Å². The van der Waals surface area contributed by atoms with Gasteiger partial charge in [-0.3, -0.25) is 9.59 Å². The predicted molar refractivity (Wildman–Crippen MR) is 187 cm³/mol. The van der Waals surface area contributed by atoms with E-state index in [-0.39, 0.29) is 47.6 Å². The number of nitrogens with zero attached hydrogens (tertiary/aromatic N) is 7. The highest BCUT2D eigenvalue weighted by Gasteiger charge is 2.29. The van der Waals surface area contributed by atoms with Gasteiger partial charge in [0.05, 0.1) is 5.39 Å². The summed E-state index contributed by atoms with van der Waals surface area (Å²) in [6.45, 7) is 6.64. The minimum Gasteiger partial charge on any atom is -0.338 e. The molecule has 2 saturated heterocycles. The van der Waals surface area contributed by atoms with Crippen molar-refractivity contribution in [2.75, 3.05) is 46.6 Å². The third-order valence-electron chi connectivity index (χ3n) is 8.25. The zero-order valence-corrected chi connectivity index (χ0v) is 27.3. The van der Waals surface area contributed by atoms with Crippen LogP contribution in [0.25, 0.3) is 11.0 Å². The molecule has 15 nitrogen and oxygen atoms in total. The maximum Gasteiger partial charge on any atom is 0.261 e. The number of carbonyl (C=O) groups is 1. The summed E-state index contributed by atoms with van der Waals surface area (Å²) in [5.74, 6) is 0.761. The molecule has 0 bridgehead atoms. The first-order chi connectivity index (χ1) is 22.1. The third-order valence-corrected chi connectivity index (χ3v) is 8.25. The number of nitrogens with two attached hydrogens (primary N) is 4. The van der Waals surface area contributed by atoms with Gasteiger partial charge in [0.15, 0.2) is 0 Å². The number of benzene rings is 1. The number of anilines is 5. The van der Waals surface area contributed by atoms with Crippen LogP contribution in [0.4, 0.5) is 29.2 Å². The van der Waals surface area contributed by atoms with Crippen molar-refractivity contribution in [1.82, 2.24) is 24.5 Å². The number of rotatable bonds is 7. The van der Waals surface area contributed by atoms with Gasteiger partial charge in [-0.05, 0) is 63.1 Å². The lowest BCUT2D eigenvalue weighted by molar-refractivity contribution is 0.102. The van der Waals surface area contributed by atoms with Gasteiger partial charge in [0, 0.05) is 80.2 Å². The van der Waals surface area contributed by atoms with Crippen LogP contribution in [0.2, 0.25) is 0 Å². The van der Waals surface area contributed by atoms with E-state index in [9.17, 15) is 9.59 Å². The summed E-state index contributed by atoms with van der Waals surface area (Å²) >= 11 is 0. The Labute approximate surface area is 278 Å². The predicted octanol–water partition coefficient (Wildman–Crippen LogP) is 1.06. The molecular formula is C31H42ClN13O2. The fourth-order valence-corrected chi connectivity index (χ4v) is 6.10. The second-order valence-corrected chi connectivity index (χ2v) is 12.2. The van der Waals surface area contributed by atoms with E-state index in [4.69, 9.17) is 37.9 Å². The molecule has 2 fully saturated rings. The normalized spacial score (nSPS) is 21.3. The number of hydrogen-bond acceptors (Lipinski definition) is 13. The lowest BCUT2D eigenvalue weighted by Gasteiger charge is -2.37. The Bertz CT molecular complexity index is 1740. The van der Waals surface area contributed by atoms with Crippen LogP contribution in [0.5, 0.6) is 0 Å². The molecule has 4 aromatic rings. The topological polar surface area (TPSA) is 225 Å². The fourth-order valence-electron chi connectivity index (χ4n) is 6.10. The van der Waals surface area contributed by atoms with Gasteiger partial charge in [-0.15, -0.1) is 12.4 Å². The first-order valence-corrected chi connectivity index (χ1v) is 15.5. The number of hydrogen-bond donors (Lipinski definition) is 6. The number of fused-ring (bicyclic) bond motifs is 1. The van der Waals surface area contributed by atoms with Crippen molar-refractivity contribution < 1.29 is 4.79 Å². The van der Waals surface area contributed by atoms with Gasteiger partial charge in [0.2, 0.25) is 23.3 Å². The summed E-state index contributed by atoms with van der Waals surface area (Å²) in [5.41, 5.74) is 27.3. The van der Waals surface area contributed by atoms with E-state index >= 15 is 0 Å². The SMILES string of the molecule is CCn1cc(C(=O)Nc2ccc(Nc3nc(N4C[C@H](N)C[C@H](N)C4)nc(N4C[C@H](N)C[C@H](N)C4)n3)cc2)c(=O)c2ccc(C)nc21.Cl. The smallest absolute Gasteiger partial charge is 0.261 e. The van der Waals surface area contributed by atoms with Gasteiger partial charge in [0.25, 0.3) is 5.91 Å². The van der Waals surface area contributed by atoms with Crippen molar-refractivity contribution >= 4 is 58.6 Å². The summed E-state index contributed by atoms with van der Waals surface area (Å²) in [4.78, 5) is 49.0. The Kier molecular flexibility index (Phi) is 10.2. The Morgan fingerprint density at radius 1 is 0.809 bits per heavy atom. The molecule has 4 atom stereocenters. The lowest BCUT2D eigenvalue weighted by Crippen LogP contribution is -2.54. The van der Waals surface area contributed by atoms with Crippen LogP contribution < -0.4 is 48.8 Å². The second kappa shape index (κ2) is 14.1. The maximum atomic E-state index is 13.2. The Morgan fingerprint density at radius 3 is 1.87 bits per heavy atom. The molecule has 250 valence electrons. The molecule has 0 radical (unpaired) electrons. The highest BCUT2D eigenvalue weighted by Crippen LogP contribution is 2.25. The van der Waals surface area contributed by atoms with E-state index in [0.717, 1.165) is 18.5 Å². The van der Waals surface area contributed by atoms with E-state index in [1.807, 2.05) is 23.6 Å². The van der Waals surface area contributed by atoms with E-state index in [2.05, 4.69) is 15.6 Å². The van der Waals surface area contributed by atoms with E-state index in [1.165, 1.54) is 0 Å². The molecular weight excluding hydrogens is 622 g/mol. The van der Waals surface area contributed by atoms with E-state index in [0.29, 0.717) is 73.0 Å². The zero-order valence-electron chi connectivity index (χ0n) is 26.5. The van der Waals surface area contributed by atoms with Crippen LogP contribution in [0.3, 0.4) is 0 Å².